The molecule has 0 saturated carbocycles. The average Bonchev–Trinajstić information content (AvgIpc) is 2.84. The molecule has 4 aromatic rings. The number of rotatable bonds is 0. The molecule has 0 radical (unpaired) electrons. The third kappa shape index (κ3) is 0.959. The second-order valence-electron chi connectivity index (χ2n) is 4.13. The van der Waals surface area contributed by atoms with Gasteiger partial charge in [-0.15, -0.1) is 0 Å². The van der Waals surface area contributed by atoms with Gasteiger partial charge in [0.15, 0.2) is 0 Å². The normalized spacial score (nSPS) is 11.8. The molecule has 0 spiro atoms. The van der Waals surface area contributed by atoms with E-state index in [0.717, 1.165) is 21.8 Å². The first-order chi connectivity index (χ1) is 8.36. The maximum atomic E-state index is 12.0. The van der Waals surface area contributed by atoms with Crippen LogP contribution in [0.1, 0.15) is 0 Å². The largest absolute Gasteiger partial charge is 0.315 e. The molecule has 1 aromatic carbocycles. The van der Waals surface area contributed by atoms with Gasteiger partial charge in [-0.05, 0) is 18.2 Å². The van der Waals surface area contributed by atoms with Crippen molar-refractivity contribution in [3.8, 4) is 0 Å². The highest BCUT2D eigenvalue weighted by Gasteiger charge is 2.12. The van der Waals surface area contributed by atoms with Gasteiger partial charge in [-0.2, -0.15) is 0 Å². The summed E-state index contributed by atoms with van der Waals surface area (Å²) in [6, 6.07) is 11.8. The van der Waals surface area contributed by atoms with E-state index in [0.29, 0.717) is 5.39 Å². The highest BCUT2D eigenvalue weighted by atomic mass is 16.1. The third-order valence-corrected chi connectivity index (χ3v) is 3.24. The van der Waals surface area contributed by atoms with Crippen LogP contribution >= 0.6 is 0 Å². The van der Waals surface area contributed by atoms with Crippen LogP contribution in [0.4, 0.5) is 0 Å². The first-order valence-corrected chi connectivity index (χ1v) is 5.46. The molecule has 3 aromatic heterocycles. The lowest BCUT2D eigenvalue weighted by Gasteiger charge is -1.89. The molecule has 0 fully saturated rings. The average molecular weight is 220 g/mol. The van der Waals surface area contributed by atoms with Gasteiger partial charge in [0.2, 0.25) is 0 Å². The zero-order chi connectivity index (χ0) is 11.4. The molecular weight excluding hydrogens is 212 g/mol. The first kappa shape index (κ1) is 8.70. The van der Waals surface area contributed by atoms with Gasteiger partial charge in [-0.1, -0.05) is 18.2 Å². The molecule has 3 nitrogen and oxygen atoms in total. The van der Waals surface area contributed by atoms with Gasteiger partial charge in [0.25, 0.3) is 5.56 Å². The highest BCUT2D eigenvalue weighted by Crippen LogP contribution is 2.29. The van der Waals surface area contributed by atoms with E-state index >= 15 is 0 Å². The van der Waals surface area contributed by atoms with Crippen molar-refractivity contribution in [2.24, 2.45) is 0 Å². The van der Waals surface area contributed by atoms with E-state index in [1.165, 1.54) is 0 Å². The van der Waals surface area contributed by atoms with Crippen molar-refractivity contribution in [3.05, 3.63) is 59.1 Å². The summed E-state index contributed by atoms with van der Waals surface area (Å²) in [7, 11) is 0. The topological polar surface area (TPSA) is 34.4 Å². The summed E-state index contributed by atoms with van der Waals surface area (Å²) in [5, 5.41) is 2.84. The van der Waals surface area contributed by atoms with E-state index in [1.54, 1.807) is 12.3 Å². The minimum absolute atomic E-state index is 0.166. The zero-order valence-corrected chi connectivity index (χ0v) is 8.92. The monoisotopic (exact) mass is 220 g/mol. The van der Waals surface area contributed by atoms with Crippen LogP contribution in [0.25, 0.3) is 27.2 Å². The number of hydrogen-bond acceptors (Lipinski definition) is 2. The number of aromatic nitrogens is 2. The fourth-order valence-electron chi connectivity index (χ4n) is 2.55. The Hall–Kier alpha value is -2.42. The van der Waals surface area contributed by atoms with E-state index < -0.39 is 0 Å². The fraction of sp³-hybridized carbons (Fsp3) is 0. The van der Waals surface area contributed by atoms with Crippen LogP contribution in [-0.2, 0) is 0 Å². The Labute approximate surface area is 96.3 Å². The summed E-state index contributed by atoms with van der Waals surface area (Å²) in [6.07, 6.45) is 3.55. The van der Waals surface area contributed by atoms with Gasteiger partial charge in [0.1, 0.15) is 0 Å². The Morgan fingerprint density at radius 1 is 1.06 bits per heavy atom. The second kappa shape index (κ2) is 2.83. The maximum Gasteiger partial charge on any atom is 0.279 e. The summed E-state index contributed by atoms with van der Waals surface area (Å²) >= 11 is 0. The molecule has 80 valence electrons. The van der Waals surface area contributed by atoms with Crippen molar-refractivity contribution in [3.63, 3.8) is 0 Å². The summed E-state index contributed by atoms with van der Waals surface area (Å²) in [5.74, 6) is 0. The Kier molecular flexibility index (Phi) is 1.45. The van der Waals surface area contributed by atoms with Crippen molar-refractivity contribution in [1.29, 1.82) is 0 Å². The second-order valence-corrected chi connectivity index (χ2v) is 4.13. The molecule has 0 unspecified atom stereocenters. The van der Waals surface area contributed by atoms with Crippen molar-refractivity contribution in [1.82, 2.24) is 9.38 Å². The van der Waals surface area contributed by atoms with Crippen molar-refractivity contribution < 1.29 is 0 Å². The highest BCUT2D eigenvalue weighted by molar-refractivity contribution is 6.13. The lowest BCUT2D eigenvalue weighted by Crippen LogP contribution is -1.99. The Bertz CT molecular complexity index is 903. The summed E-state index contributed by atoms with van der Waals surface area (Å²) < 4.78 is 2.06. The van der Waals surface area contributed by atoms with Crippen molar-refractivity contribution in [2.75, 3.05) is 0 Å². The van der Waals surface area contributed by atoms with Crippen LogP contribution in [-0.4, -0.2) is 9.38 Å². The molecule has 0 amide bonds. The van der Waals surface area contributed by atoms with Crippen LogP contribution in [0, 0.1) is 0 Å². The lowest BCUT2D eigenvalue weighted by molar-refractivity contribution is 1.29. The molecule has 0 saturated heterocycles. The van der Waals surface area contributed by atoms with Crippen molar-refractivity contribution in [2.45, 2.75) is 0 Å². The van der Waals surface area contributed by atoms with Gasteiger partial charge in [-0.25, -0.2) is 4.98 Å². The third-order valence-electron chi connectivity index (χ3n) is 3.24. The predicted octanol–water partition coefficient (Wildman–Crippen LogP) is 2.44. The number of nitrogens with zero attached hydrogens (tertiary/aromatic N) is 2. The Balaban J connectivity index is 2.55. The number of para-hydroxylation sites is 1. The standard InChI is InChI=1S/C14H8N2O/c17-14-12-10-4-1-3-9-6-8-16(13(9)10)11(12)5-2-7-15-14/h1-8H. The first-order valence-electron chi connectivity index (χ1n) is 5.46. The van der Waals surface area contributed by atoms with Gasteiger partial charge in [0.05, 0.1) is 16.4 Å². The van der Waals surface area contributed by atoms with Crippen LogP contribution in [0.2, 0.25) is 0 Å². The maximum absolute atomic E-state index is 12.0. The molecule has 0 N–H and O–H groups in total. The predicted molar refractivity (Wildman–Crippen MR) is 67.7 cm³/mol. The smallest absolute Gasteiger partial charge is 0.279 e. The molecule has 17 heavy (non-hydrogen) atoms. The van der Waals surface area contributed by atoms with Crippen LogP contribution in [0.15, 0.2) is 53.6 Å². The van der Waals surface area contributed by atoms with Crippen LogP contribution in [0.5, 0.6) is 0 Å². The van der Waals surface area contributed by atoms with Gasteiger partial charge >= 0.3 is 0 Å². The van der Waals surface area contributed by atoms with Gasteiger partial charge in [-0.3, -0.25) is 4.79 Å². The van der Waals surface area contributed by atoms with Crippen LogP contribution in [0.3, 0.4) is 0 Å². The molecule has 4 rings (SSSR count). The zero-order valence-electron chi connectivity index (χ0n) is 8.92. The number of fused-ring (bicyclic) bond motifs is 3. The molecule has 0 atom stereocenters. The van der Waals surface area contributed by atoms with E-state index in [1.807, 2.05) is 24.4 Å². The lowest BCUT2D eigenvalue weighted by atomic mass is 10.1. The SMILES string of the molecule is O=c1ncccc2c1c1cccc3ccn2c31. The molecule has 0 aliphatic rings. The number of benzene rings is 1. The summed E-state index contributed by atoms with van der Waals surface area (Å²) in [4.78, 5) is 15.9. The van der Waals surface area contributed by atoms with E-state index in [9.17, 15) is 4.79 Å². The summed E-state index contributed by atoms with van der Waals surface area (Å²) in [5.41, 5.74) is 1.86. The van der Waals surface area contributed by atoms with Gasteiger partial charge < -0.3 is 4.40 Å². The minimum atomic E-state index is -0.166. The molecular formula is C14H8N2O. The molecule has 3 heterocycles. The molecule has 3 heteroatoms. The van der Waals surface area contributed by atoms with E-state index in [4.69, 9.17) is 0 Å². The summed E-state index contributed by atoms with van der Waals surface area (Å²) in [6.45, 7) is 0. The molecule has 0 aliphatic heterocycles. The minimum Gasteiger partial charge on any atom is -0.315 e. The quantitative estimate of drug-likeness (QED) is 0.456. The molecule has 0 bridgehead atoms. The van der Waals surface area contributed by atoms with E-state index in [2.05, 4.69) is 21.5 Å². The van der Waals surface area contributed by atoms with Crippen LogP contribution < -0.4 is 5.56 Å². The van der Waals surface area contributed by atoms with E-state index in [-0.39, 0.29) is 5.56 Å². The van der Waals surface area contributed by atoms with Crippen molar-refractivity contribution >= 4 is 27.2 Å². The fourth-order valence-corrected chi connectivity index (χ4v) is 2.55. The Morgan fingerprint density at radius 3 is 2.94 bits per heavy atom. The molecule has 0 aliphatic carbocycles. The number of hydrogen-bond donors (Lipinski definition) is 0. The Morgan fingerprint density at radius 2 is 2.00 bits per heavy atom. The van der Waals surface area contributed by atoms with Gasteiger partial charge in [0, 0.05) is 23.2 Å².